The number of nitrogens with one attached hydrogen (secondary N) is 1. The highest BCUT2D eigenvalue weighted by Gasteiger charge is 2.20. The maximum absolute atomic E-state index is 12.1. The second kappa shape index (κ2) is 7.43. The van der Waals surface area contributed by atoms with Gasteiger partial charge in [-0.25, -0.2) is 0 Å². The first-order valence-corrected chi connectivity index (χ1v) is 7.63. The first-order valence-electron chi connectivity index (χ1n) is 7.63. The molecule has 8 heteroatoms. The predicted molar refractivity (Wildman–Crippen MR) is 86.8 cm³/mol. The molecule has 1 atom stereocenters. The van der Waals surface area contributed by atoms with E-state index < -0.39 is 11.9 Å². The summed E-state index contributed by atoms with van der Waals surface area (Å²) in [7, 11) is 0. The number of carbonyl (C=O) groups excluding carboxylic acids is 2. The first-order chi connectivity index (χ1) is 12.1. The molecule has 0 aliphatic heterocycles. The van der Waals surface area contributed by atoms with E-state index in [0.29, 0.717) is 23.0 Å². The Bertz CT molecular complexity index is 843. The smallest absolute Gasteiger partial charge is 0.244 e. The van der Waals surface area contributed by atoms with Gasteiger partial charge in [0.05, 0.1) is 6.26 Å². The van der Waals surface area contributed by atoms with Gasteiger partial charge in [0.1, 0.15) is 6.04 Å². The van der Waals surface area contributed by atoms with Crippen molar-refractivity contribution in [2.45, 2.75) is 18.9 Å². The first kappa shape index (κ1) is 16.4. The predicted octanol–water partition coefficient (Wildman–Crippen LogP) is 1.60. The largest absolute Gasteiger partial charge is 0.461 e. The Kier molecular flexibility index (Phi) is 4.89. The fraction of sp³-hybridized carbons (Fsp3) is 0.176. The molecule has 0 saturated heterocycles. The van der Waals surface area contributed by atoms with E-state index in [9.17, 15) is 9.59 Å². The summed E-state index contributed by atoms with van der Waals surface area (Å²) in [6.07, 6.45) is 1.82. The molecule has 0 spiro atoms. The van der Waals surface area contributed by atoms with Crippen molar-refractivity contribution in [1.29, 1.82) is 0 Å². The lowest BCUT2D eigenvalue weighted by atomic mass is 10.1. The fourth-order valence-corrected chi connectivity index (χ4v) is 2.28. The molecule has 0 saturated carbocycles. The van der Waals surface area contributed by atoms with Gasteiger partial charge in [0.15, 0.2) is 5.76 Å². The number of rotatable bonds is 7. The minimum Gasteiger partial charge on any atom is -0.461 e. The highest BCUT2D eigenvalue weighted by molar-refractivity contribution is 5.87. The van der Waals surface area contributed by atoms with Gasteiger partial charge in [-0.1, -0.05) is 35.5 Å². The Morgan fingerprint density at radius 2 is 1.96 bits per heavy atom. The molecule has 0 fully saturated rings. The number of nitrogens with two attached hydrogens (primary N) is 1. The topological polar surface area (TPSA) is 124 Å². The van der Waals surface area contributed by atoms with Crippen molar-refractivity contribution >= 4 is 11.8 Å². The monoisotopic (exact) mass is 340 g/mol. The molecule has 2 heterocycles. The van der Waals surface area contributed by atoms with Crippen molar-refractivity contribution in [3.8, 4) is 11.6 Å². The molecule has 3 N–H and O–H groups in total. The average Bonchev–Trinajstić information content (AvgIpc) is 3.29. The third kappa shape index (κ3) is 4.11. The molecule has 2 amide bonds. The van der Waals surface area contributed by atoms with Crippen LogP contribution in [0, 0.1) is 0 Å². The maximum Gasteiger partial charge on any atom is 0.244 e. The number of amides is 2. The van der Waals surface area contributed by atoms with Gasteiger partial charge >= 0.3 is 0 Å². The van der Waals surface area contributed by atoms with E-state index in [4.69, 9.17) is 14.7 Å². The van der Waals surface area contributed by atoms with Crippen molar-refractivity contribution in [2.75, 3.05) is 0 Å². The molecule has 0 radical (unpaired) electrons. The molecule has 3 aromatic rings. The Morgan fingerprint density at radius 3 is 2.64 bits per heavy atom. The Hall–Kier alpha value is -3.42. The number of primary amides is 1. The number of furan rings is 1. The van der Waals surface area contributed by atoms with Crippen LogP contribution in [0.3, 0.4) is 0 Å². The minimum atomic E-state index is -0.880. The van der Waals surface area contributed by atoms with E-state index in [-0.39, 0.29) is 18.7 Å². The van der Waals surface area contributed by atoms with Crippen LogP contribution in [0.5, 0.6) is 0 Å². The van der Waals surface area contributed by atoms with E-state index in [1.54, 1.807) is 36.4 Å². The zero-order valence-corrected chi connectivity index (χ0v) is 13.2. The van der Waals surface area contributed by atoms with Crippen LogP contribution in [0.1, 0.15) is 23.9 Å². The van der Waals surface area contributed by atoms with Gasteiger partial charge in [-0.05, 0) is 17.7 Å². The quantitative estimate of drug-likeness (QED) is 0.673. The summed E-state index contributed by atoms with van der Waals surface area (Å²) in [5.74, 6) is 0.136. The van der Waals surface area contributed by atoms with Crippen molar-refractivity contribution in [1.82, 2.24) is 15.5 Å². The van der Waals surface area contributed by atoms with Crippen molar-refractivity contribution in [3.63, 3.8) is 0 Å². The minimum absolute atomic E-state index is 0.0798. The van der Waals surface area contributed by atoms with Crippen LogP contribution >= 0.6 is 0 Å². The molecule has 3 rings (SSSR count). The summed E-state index contributed by atoms with van der Waals surface area (Å²) in [4.78, 5) is 27.9. The van der Waals surface area contributed by atoms with E-state index in [1.807, 2.05) is 6.07 Å². The SMILES string of the molecule is NC(=O)[C@@H](NC(=O)CCc1nc(-c2ccco2)no1)c1ccccc1. The number of hydrogen-bond donors (Lipinski definition) is 2. The number of hydrogen-bond acceptors (Lipinski definition) is 6. The lowest BCUT2D eigenvalue weighted by molar-refractivity contribution is -0.127. The standard InChI is InChI=1S/C17H16N4O4/c18-16(23)15(11-5-2-1-3-6-11)19-13(22)8-9-14-20-17(21-25-14)12-7-4-10-24-12/h1-7,10,15H,8-9H2,(H2,18,23)(H,19,22)/t15-/m0/s1. The van der Waals surface area contributed by atoms with Gasteiger partial charge in [-0.3, -0.25) is 9.59 Å². The second-order valence-electron chi connectivity index (χ2n) is 5.30. The number of benzene rings is 1. The molecule has 2 aromatic heterocycles. The molecule has 0 aliphatic rings. The molecule has 8 nitrogen and oxygen atoms in total. The number of aryl methyl sites for hydroxylation is 1. The summed E-state index contributed by atoms with van der Waals surface area (Å²) in [5, 5.41) is 6.40. The summed E-state index contributed by atoms with van der Waals surface area (Å²) in [5.41, 5.74) is 6.00. The third-order valence-electron chi connectivity index (χ3n) is 3.50. The Balaban J connectivity index is 1.58. The molecule has 1 aromatic carbocycles. The number of aromatic nitrogens is 2. The van der Waals surface area contributed by atoms with Crippen LogP contribution in [0.2, 0.25) is 0 Å². The van der Waals surface area contributed by atoms with Crippen LogP contribution in [0.4, 0.5) is 0 Å². The van der Waals surface area contributed by atoms with Gasteiger partial charge in [0.25, 0.3) is 0 Å². The van der Waals surface area contributed by atoms with E-state index in [0.717, 1.165) is 0 Å². The van der Waals surface area contributed by atoms with Crippen LogP contribution in [-0.2, 0) is 16.0 Å². The molecular formula is C17H16N4O4. The van der Waals surface area contributed by atoms with Gasteiger partial charge in [-0.2, -0.15) is 4.98 Å². The summed E-state index contributed by atoms with van der Waals surface area (Å²) < 4.78 is 10.3. The van der Waals surface area contributed by atoms with E-state index in [2.05, 4.69) is 15.5 Å². The van der Waals surface area contributed by atoms with Gasteiger partial charge < -0.3 is 20.0 Å². The highest BCUT2D eigenvalue weighted by Crippen LogP contribution is 2.16. The average molecular weight is 340 g/mol. The summed E-state index contributed by atoms with van der Waals surface area (Å²) >= 11 is 0. The summed E-state index contributed by atoms with van der Waals surface area (Å²) in [6.45, 7) is 0. The molecule has 25 heavy (non-hydrogen) atoms. The van der Waals surface area contributed by atoms with Crippen LogP contribution < -0.4 is 11.1 Å². The molecule has 0 bridgehead atoms. The van der Waals surface area contributed by atoms with Gasteiger partial charge in [0, 0.05) is 12.8 Å². The van der Waals surface area contributed by atoms with Crippen molar-refractivity contribution < 1.29 is 18.5 Å². The number of nitrogens with zero attached hydrogens (tertiary/aromatic N) is 2. The zero-order valence-electron chi connectivity index (χ0n) is 13.2. The van der Waals surface area contributed by atoms with Gasteiger partial charge in [0.2, 0.25) is 23.5 Å². The summed E-state index contributed by atoms with van der Waals surface area (Å²) in [6, 6.07) is 11.3. The van der Waals surface area contributed by atoms with E-state index in [1.165, 1.54) is 6.26 Å². The maximum atomic E-state index is 12.1. The van der Waals surface area contributed by atoms with Crippen LogP contribution in [-0.4, -0.2) is 22.0 Å². The molecule has 128 valence electrons. The van der Waals surface area contributed by atoms with Crippen molar-refractivity contribution in [2.24, 2.45) is 5.73 Å². The lowest BCUT2D eigenvalue weighted by Crippen LogP contribution is -2.37. The van der Waals surface area contributed by atoms with E-state index >= 15 is 0 Å². The Labute approximate surface area is 143 Å². The Morgan fingerprint density at radius 1 is 1.16 bits per heavy atom. The normalized spacial score (nSPS) is 11.8. The molecule has 0 aliphatic carbocycles. The fourth-order valence-electron chi connectivity index (χ4n) is 2.28. The lowest BCUT2D eigenvalue weighted by Gasteiger charge is -2.15. The highest BCUT2D eigenvalue weighted by atomic mass is 16.5. The zero-order chi connectivity index (χ0) is 17.6. The number of carbonyl (C=O) groups is 2. The van der Waals surface area contributed by atoms with Crippen LogP contribution in [0.25, 0.3) is 11.6 Å². The molecule has 0 unspecified atom stereocenters. The third-order valence-corrected chi connectivity index (χ3v) is 3.50. The second-order valence-corrected chi connectivity index (χ2v) is 5.30. The van der Waals surface area contributed by atoms with Gasteiger partial charge in [-0.15, -0.1) is 0 Å². The van der Waals surface area contributed by atoms with Crippen LogP contribution in [0.15, 0.2) is 57.7 Å². The molecular weight excluding hydrogens is 324 g/mol. The van der Waals surface area contributed by atoms with Crippen molar-refractivity contribution in [3.05, 3.63) is 60.2 Å².